The summed E-state index contributed by atoms with van der Waals surface area (Å²) >= 11 is 0. The molecule has 1 aliphatic carbocycles. The Morgan fingerprint density at radius 2 is 2.05 bits per heavy atom. The second kappa shape index (κ2) is 6.02. The number of nitrogens with one attached hydrogen (secondary N) is 1. The molecule has 0 unspecified atom stereocenters. The van der Waals surface area contributed by atoms with Crippen molar-refractivity contribution in [1.82, 2.24) is 9.88 Å². The molecule has 2 heterocycles. The first-order valence-electron chi connectivity index (χ1n) is 7.89. The zero-order valence-corrected chi connectivity index (χ0v) is 12.3. The number of anilines is 1. The van der Waals surface area contributed by atoms with Gasteiger partial charge in [-0.1, -0.05) is 0 Å². The van der Waals surface area contributed by atoms with E-state index in [1.807, 2.05) is 11.0 Å². The highest BCUT2D eigenvalue weighted by atomic mass is 16.3. The topological polar surface area (TPSA) is 65.5 Å². The molecule has 1 aromatic heterocycles. The van der Waals surface area contributed by atoms with E-state index >= 15 is 0 Å². The number of nitrogens with zero attached hydrogens (tertiary/aromatic N) is 2. The van der Waals surface area contributed by atoms with Crippen LogP contribution in [0.3, 0.4) is 0 Å². The van der Waals surface area contributed by atoms with Gasteiger partial charge in [-0.2, -0.15) is 0 Å². The minimum absolute atomic E-state index is 0.0471. The second-order valence-corrected chi connectivity index (χ2v) is 6.18. The van der Waals surface area contributed by atoms with Crippen LogP contribution in [0.4, 0.5) is 5.82 Å². The first-order chi connectivity index (χ1) is 10.2. The Labute approximate surface area is 125 Å². The molecule has 2 N–H and O–H groups in total. The average molecular weight is 289 g/mol. The van der Waals surface area contributed by atoms with Gasteiger partial charge in [-0.25, -0.2) is 4.98 Å². The lowest BCUT2D eigenvalue weighted by molar-refractivity contribution is -0.0202. The minimum Gasteiger partial charge on any atom is -0.388 e. The lowest BCUT2D eigenvalue weighted by atomic mass is 9.80. The van der Waals surface area contributed by atoms with Crippen LogP contribution in [0.25, 0.3) is 0 Å². The zero-order chi connectivity index (χ0) is 14.7. The molecular weight excluding hydrogens is 266 g/mol. The number of pyridine rings is 1. The number of hydrogen-bond donors (Lipinski definition) is 2. The van der Waals surface area contributed by atoms with E-state index in [0.29, 0.717) is 17.9 Å². The molecule has 1 amide bonds. The third-order valence-corrected chi connectivity index (χ3v) is 4.55. The molecule has 1 aliphatic heterocycles. The maximum Gasteiger partial charge on any atom is 0.257 e. The molecule has 1 saturated heterocycles. The van der Waals surface area contributed by atoms with Crippen molar-refractivity contribution < 1.29 is 9.90 Å². The molecule has 3 rings (SSSR count). The van der Waals surface area contributed by atoms with Gasteiger partial charge in [0.15, 0.2) is 0 Å². The molecule has 0 spiro atoms. The molecule has 0 aromatic carbocycles. The summed E-state index contributed by atoms with van der Waals surface area (Å²) in [5, 5.41) is 13.3. The fraction of sp³-hybridized carbons (Fsp3) is 0.625. The Balaban J connectivity index is 1.70. The maximum atomic E-state index is 12.6. The monoisotopic (exact) mass is 289 g/mol. The van der Waals surface area contributed by atoms with Crippen molar-refractivity contribution in [2.75, 3.05) is 25.0 Å². The summed E-state index contributed by atoms with van der Waals surface area (Å²) in [6, 6.07) is 3.61. The number of rotatable bonds is 4. The fourth-order valence-corrected chi connectivity index (χ4v) is 3.00. The van der Waals surface area contributed by atoms with Gasteiger partial charge in [0, 0.05) is 25.8 Å². The summed E-state index contributed by atoms with van der Waals surface area (Å²) in [7, 11) is 0. The molecule has 0 bridgehead atoms. The van der Waals surface area contributed by atoms with Gasteiger partial charge in [0.1, 0.15) is 5.82 Å². The highest BCUT2D eigenvalue weighted by molar-refractivity contribution is 5.98. The van der Waals surface area contributed by atoms with Crippen molar-refractivity contribution in [2.24, 2.45) is 0 Å². The first kappa shape index (κ1) is 14.3. The Hall–Kier alpha value is -1.62. The van der Waals surface area contributed by atoms with Gasteiger partial charge in [0.05, 0.1) is 11.2 Å². The molecule has 0 atom stereocenters. The minimum atomic E-state index is -0.622. The van der Waals surface area contributed by atoms with Crippen molar-refractivity contribution in [3.63, 3.8) is 0 Å². The summed E-state index contributed by atoms with van der Waals surface area (Å²) in [5.74, 6) is 0.638. The predicted octanol–water partition coefficient (Wildman–Crippen LogP) is 2.03. The number of likely N-dealkylation sites (tertiary alicyclic amines) is 1. The number of carbonyl (C=O) groups is 1. The van der Waals surface area contributed by atoms with E-state index in [2.05, 4.69) is 10.3 Å². The Morgan fingerprint density at radius 1 is 1.29 bits per heavy atom. The van der Waals surface area contributed by atoms with Crippen LogP contribution in [-0.2, 0) is 0 Å². The average Bonchev–Trinajstić information content (AvgIpc) is 2.51. The summed E-state index contributed by atoms with van der Waals surface area (Å²) in [5.41, 5.74) is -0.00880. The van der Waals surface area contributed by atoms with Gasteiger partial charge in [0.25, 0.3) is 5.91 Å². The summed E-state index contributed by atoms with van der Waals surface area (Å²) in [6.45, 7) is 2.12. The quantitative estimate of drug-likeness (QED) is 0.890. The van der Waals surface area contributed by atoms with Crippen LogP contribution < -0.4 is 5.32 Å². The van der Waals surface area contributed by atoms with E-state index < -0.39 is 5.60 Å². The molecule has 0 radical (unpaired) electrons. The highest BCUT2D eigenvalue weighted by Gasteiger charge is 2.34. The van der Waals surface area contributed by atoms with Crippen molar-refractivity contribution in [2.45, 2.75) is 44.1 Å². The van der Waals surface area contributed by atoms with E-state index in [-0.39, 0.29) is 5.91 Å². The van der Waals surface area contributed by atoms with Crippen LogP contribution in [0.15, 0.2) is 18.3 Å². The van der Waals surface area contributed by atoms with Crippen LogP contribution >= 0.6 is 0 Å². The fourth-order valence-electron chi connectivity index (χ4n) is 3.00. The molecule has 1 saturated carbocycles. The number of carbonyl (C=O) groups excluding carboxylic acids is 1. The number of aliphatic hydroxyl groups is 1. The van der Waals surface area contributed by atoms with Crippen LogP contribution in [0, 0.1) is 0 Å². The van der Waals surface area contributed by atoms with Gasteiger partial charge >= 0.3 is 0 Å². The summed E-state index contributed by atoms with van der Waals surface area (Å²) in [4.78, 5) is 18.8. The Morgan fingerprint density at radius 3 is 2.71 bits per heavy atom. The van der Waals surface area contributed by atoms with Crippen molar-refractivity contribution in [3.05, 3.63) is 23.9 Å². The van der Waals surface area contributed by atoms with Crippen LogP contribution in [0.2, 0.25) is 0 Å². The van der Waals surface area contributed by atoms with Gasteiger partial charge in [-0.3, -0.25) is 4.79 Å². The van der Waals surface area contributed by atoms with Crippen LogP contribution in [-0.4, -0.2) is 46.1 Å². The van der Waals surface area contributed by atoms with E-state index in [4.69, 9.17) is 0 Å². The molecular formula is C16H23N3O2. The van der Waals surface area contributed by atoms with Crippen LogP contribution in [0.5, 0.6) is 0 Å². The van der Waals surface area contributed by atoms with E-state index in [1.165, 1.54) is 6.42 Å². The van der Waals surface area contributed by atoms with Gasteiger partial charge in [-0.05, 0) is 50.7 Å². The van der Waals surface area contributed by atoms with E-state index in [1.54, 1.807) is 12.3 Å². The number of piperidine rings is 1. The molecule has 21 heavy (non-hydrogen) atoms. The van der Waals surface area contributed by atoms with Crippen molar-refractivity contribution in [3.8, 4) is 0 Å². The molecule has 5 nitrogen and oxygen atoms in total. The number of amides is 1. The van der Waals surface area contributed by atoms with Gasteiger partial charge in [-0.15, -0.1) is 0 Å². The second-order valence-electron chi connectivity index (χ2n) is 6.18. The SMILES string of the molecule is O=C(c1cccnc1NCC1(O)CCC1)N1CCCCC1. The van der Waals surface area contributed by atoms with Crippen molar-refractivity contribution in [1.29, 1.82) is 0 Å². The maximum absolute atomic E-state index is 12.6. The first-order valence-corrected chi connectivity index (χ1v) is 7.89. The largest absolute Gasteiger partial charge is 0.388 e. The molecule has 114 valence electrons. The van der Waals surface area contributed by atoms with Crippen molar-refractivity contribution >= 4 is 11.7 Å². The lowest BCUT2D eigenvalue weighted by Crippen LogP contribution is -2.44. The molecule has 5 heteroatoms. The smallest absolute Gasteiger partial charge is 0.257 e. The lowest BCUT2D eigenvalue weighted by Gasteiger charge is -2.37. The standard InChI is InChI=1S/C16H23N3O2/c20-15(19-10-2-1-3-11-19)13-6-4-9-17-14(13)18-12-16(21)7-5-8-16/h4,6,9,21H,1-3,5,7-8,10-12H2,(H,17,18). The normalized spacial score (nSPS) is 20.7. The summed E-state index contributed by atoms with van der Waals surface area (Å²) in [6.07, 6.45) is 7.75. The van der Waals surface area contributed by atoms with Gasteiger partial charge < -0.3 is 15.3 Å². The predicted molar refractivity (Wildman–Crippen MR) is 81.3 cm³/mol. The third kappa shape index (κ3) is 3.18. The van der Waals surface area contributed by atoms with E-state index in [0.717, 1.165) is 45.2 Å². The van der Waals surface area contributed by atoms with E-state index in [9.17, 15) is 9.90 Å². The molecule has 1 aromatic rings. The molecule has 2 aliphatic rings. The Kier molecular flexibility index (Phi) is 4.10. The highest BCUT2D eigenvalue weighted by Crippen LogP contribution is 2.31. The molecule has 2 fully saturated rings. The van der Waals surface area contributed by atoms with Crippen LogP contribution in [0.1, 0.15) is 48.9 Å². The number of hydrogen-bond acceptors (Lipinski definition) is 4. The van der Waals surface area contributed by atoms with Gasteiger partial charge in [0.2, 0.25) is 0 Å². The zero-order valence-electron chi connectivity index (χ0n) is 12.3. The summed E-state index contributed by atoms with van der Waals surface area (Å²) < 4.78 is 0. The number of aromatic nitrogens is 1. The third-order valence-electron chi connectivity index (χ3n) is 4.55. The Bertz CT molecular complexity index is 508.